The number of nitrogens with zero attached hydrogens (tertiary/aromatic N) is 2. The van der Waals surface area contributed by atoms with Gasteiger partial charge in [-0.25, -0.2) is 4.79 Å². The van der Waals surface area contributed by atoms with Gasteiger partial charge in [0.2, 0.25) is 5.91 Å². The van der Waals surface area contributed by atoms with Gasteiger partial charge in [-0.05, 0) is 46.5 Å². The lowest BCUT2D eigenvalue weighted by Gasteiger charge is -2.50. The van der Waals surface area contributed by atoms with Crippen molar-refractivity contribution >= 4 is 45.8 Å². The number of esters is 1. The normalized spacial score (nSPS) is 17.6. The second kappa shape index (κ2) is 11.6. The van der Waals surface area contributed by atoms with Crippen molar-refractivity contribution < 1.29 is 19.2 Å². The van der Waals surface area contributed by atoms with Crippen LogP contribution in [0, 0.1) is 16.0 Å². The second-order valence-electron chi connectivity index (χ2n) is 10.3. The number of carbonyl (C=O) groups excluding carboxylic acids is 2. The van der Waals surface area contributed by atoms with Crippen molar-refractivity contribution in [3.63, 3.8) is 0 Å². The van der Waals surface area contributed by atoms with Crippen LogP contribution in [-0.2, 0) is 20.9 Å². The van der Waals surface area contributed by atoms with Crippen molar-refractivity contribution in [3.05, 3.63) is 143 Å². The van der Waals surface area contributed by atoms with Crippen molar-refractivity contribution in [2.45, 2.75) is 25.5 Å². The molecule has 1 aliphatic heterocycles. The summed E-state index contributed by atoms with van der Waals surface area (Å²) in [5, 5.41) is 13.9. The Hall–Kier alpha value is -4.74. The fourth-order valence-corrected chi connectivity index (χ4v) is 10.4. The number of benzene rings is 4. The molecule has 1 amide bonds. The van der Waals surface area contributed by atoms with Crippen LogP contribution >= 0.6 is 6.89 Å². The van der Waals surface area contributed by atoms with Crippen molar-refractivity contribution in [2.24, 2.45) is 5.92 Å². The Balaban J connectivity index is 1.60. The number of β-lactam (4-membered cyclic amide) rings is 1. The molecule has 7 nitrogen and oxygen atoms in total. The first kappa shape index (κ1) is 27.4. The summed E-state index contributed by atoms with van der Waals surface area (Å²) in [7, 11) is 0. The van der Waals surface area contributed by atoms with Crippen molar-refractivity contribution in [1.29, 1.82) is 0 Å². The Morgan fingerprint density at radius 2 is 1.29 bits per heavy atom. The summed E-state index contributed by atoms with van der Waals surface area (Å²) in [5.74, 6) is -0.810. The molecule has 1 heterocycles. The Morgan fingerprint density at radius 1 is 0.786 bits per heavy atom. The van der Waals surface area contributed by atoms with E-state index in [-0.39, 0.29) is 30.2 Å². The van der Waals surface area contributed by atoms with E-state index >= 15 is 0 Å². The molecule has 1 fully saturated rings. The number of nitro benzene ring substituents is 1. The zero-order chi connectivity index (χ0) is 29.1. The van der Waals surface area contributed by atoms with Crippen molar-refractivity contribution in [2.75, 3.05) is 0 Å². The molecule has 210 valence electrons. The maximum atomic E-state index is 14.6. The summed E-state index contributed by atoms with van der Waals surface area (Å²) >= 11 is 0. The molecule has 2 unspecified atom stereocenters. The number of hydrogen-bond donors (Lipinski definition) is 0. The van der Waals surface area contributed by atoms with Gasteiger partial charge in [0.15, 0.2) is 0 Å². The Labute approximate surface area is 244 Å². The summed E-state index contributed by atoms with van der Waals surface area (Å²) in [6.07, 6.45) is 5.43. The Bertz CT molecular complexity index is 1600. The number of rotatable bonds is 8. The molecule has 0 radical (unpaired) electrons. The Kier molecular flexibility index (Phi) is 7.60. The lowest BCUT2D eigenvalue weighted by Crippen LogP contribution is -2.66. The number of allylic oxidation sites excluding steroid dienone is 1. The molecule has 42 heavy (non-hydrogen) atoms. The largest absolute Gasteiger partial charge is 0.456 e. The van der Waals surface area contributed by atoms with Gasteiger partial charge in [0.1, 0.15) is 12.0 Å². The molecule has 6 rings (SSSR count). The topological polar surface area (TPSA) is 89.8 Å². The molecule has 4 aromatic carbocycles. The van der Waals surface area contributed by atoms with Crippen LogP contribution in [0.1, 0.15) is 18.4 Å². The van der Waals surface area contributed by atoms with Gasteiger partial charge in [-0.15, -0.1) is 0 Å². The van der Waals surface area contributed by atoms with Crippen LogP contribution in [0.3, 0.4) is 0 Å². The number of likely N-dealkylation sites (tertiary alicyclic amines) is 1. The van der Waals surface area contributed by atoms with E-state index in [1.807, 2.05) is 97.1 Å². The molecule has 0 spiro atoms. The predicted octanol–water partition coefficient (Wildman–Crippen LogP) is 4.94. The first-order chi connectivity index (χ1) is 20.5. The van der Waals surface area contributed by atoms with E-state index in [4.69, 9.17) is 4.74 Å². The highest BCUT2D eigenvalue weighted by Crippen LogP contribution is 2.50. The average Bonchev–Trinajstić information content (AvgIpc) is 3.05. The minimum atomic E-state index is -2.95. The van der Waals surface area contributed by atoms with Gasteiger partial charge in [-0.3, -0.25) is 14.9 Å². The maximum absolute atomic E-state index is 14.6. The summed E-state index contributed by atoms with van der Waals surface area (Å²) in [5.41, 5.74) is 0.932. The first-order valence-electron chi connectivity index (χ1n) is 13.8. The van der Waals surface area contributed by atoms with Gasteiger partial charge >= 0.3 is 5.97 Å². The van der Waals surface area contributed by atoms with Crippen LogP contribution in [0.5, 0.6) is 0 Å². The molecule has 1 saturated heterocycles. The van der Waals surface area contributed by atoms with Gasteiger partial charge in [0.05, 0.1) is 16.9 Å². The first-order valence-corrected chi connectivity index (χ1v) is 15.6. The molecule has 0 aromatic heterocycles. The van der Waals surface area contributed by atoms with Crippen LogP contribution in [0.25, 0.3) is 0 Å². The molecule has 8 heteroatoms. The van der Waals surface area contributed by atoms with Crippen LogP contribution in [-0.4, -0.2) is 33.2 Å². The lowest BCUT2D eigenvalue weighted by atomic mass is 9.79. The average molecular weight is 577 g/mol. The number of nitro groups is 1. The molecule has 1 aliphatic carbocycles. The van der Waals surface area contributed by atoms with E-state index in [0.29, 0.717) is 23.8 Å². The van der Waals surface area contributed by atoms with Gasteiger partial charge in [-0.1, -0.05) is 103 Å². The van der Waals surface area contributed by atoms with Crippen LogP contribution in [0.2, 0.25) is 0 Å². The van der Waals surface area contributed by atoms with E-state index in [0.717, 1.165) is 15.9 Å². The number of fused-ring (bicyclic) bond motifs is 1. The molecule has 0 saturated carbocycles. The molecule has 0 N–H and O–H groups in total. The SMILES string of the molecule is O=C(OCc1ccc([N+](=O)[O-])cc1)C(N1C(=O)C2CC=CCC21)=P(c1ccccc1)(c1ccccc1)c1ccccc1. The number of hydrogen-bond acceptors (Lipinski definition) is 5. The fraction of sp³-hybridized carbons (Fsp3) is 0.147. The van der Waals surface area contributed by atoms with Gasteiger partial charge in [0.25, 0.3) is 5.69 Å². The lowest BCUT2D eigenvalue weighted by molar-refractivity contribution is -0.384. The summed E-state index contributed by atoms with van der Waals surface area (Å²) in [6.45, 7) is -3.04. The number of amides is 1. The van der Waals surface area contributed by atoms with E-state index in [1.165, 1.54) is 12.1 Å². The second-order valence-corrected chi connectivity index (χ2v) is 13.6. The number of non-ortho nitro benzene ring substituents is 1. The highest BCUT2D eigenvalue weighted by molar-refractivity contribution is 7.96. The fourth-order valence-electron chi connectivity index (χ4n) is 5.97. The van der Waals surface area contributed by atoms with Crippen LogP contribution < -0.4 is 15.9 Å². The molecule has 0 bridgehead atoms. The third kappa shape index (κ3) is 4.76. The molecule has 2 aliphatic rings. The van der Waals surface area contributed by atoms with Crippen molar-refractivity contribution in [3.8, 4) is 0 Å². The van der Waals surface area contributed by atoms with E-state index in [2.05, 4.69) is 6.08 Å². The van der Waals surface area contributed by atoms with Crippen LogP contribution in [0.15, 0.2) is 127 Å². The number of ether oxygens (including phenoxy) is 1. The standard InChI is InChI=1S/C34H29N2O5P/c37-32-30-18-10-11-19-31(30)35(32)33(34(38)41-24-25-20-22-26(23-21-25)36(39)40)42(27-12-4-1-5-13-27,28-14-6-2-7-15-28)29-16-8-3-9-17-29/h1-17,20-23,30-31H,18-19,24H2. The minimum absolute atomic E-state index is 0.0397. The highest BCUT2D eigenvalue weighted by Gasteiger charge is 2.53. The molecular weight excluding hydrogens is 547 g/mol. The maximum Gasteiger partial charge on any atom is 0.356 e. The monoisotopic (exact) mass is 576 g/mol. The quantitative estimate of drug-likeness (QED) is 0.0741. The third-order valence-corrected chi connectivity index (χ3v) is 12.2. The smallest absolute Gasteiger partial charge is 0.356 e. The number of carbonyl (C=O) groups is 2. The summed E-state index contributed by atoms with van der Waals surface area (Å²) < 4.78 is 6.02. The summed E-state index contributed by atoms with van der Waals surface area (Å²) in [4.78, 5) is 40.8. The van der Waals surface area contributed by atoms with Crippen molar-refractivity contribution in [1.82, 2.24) is 4.90 Å². The van der Waals surface area contributed by atoms with Gasteiger partial charge < -0.3 is 9.64 Å². The van der Waals surface area contributed by atoms with E-state index in [9.17, 15) is 19.7 Å². The Morgan fingerprint density at radius 3 is 1.79 bits per heavy atom. The predicted molar refractivity (Wildman–Crippen MR) is 166 cm³/mol. The van der Waals surface area contributed by atoms with Gasteiger partial charge in [0, 0.05) is 19.0 Å². The third-order valence-electron chi connectivity index (χ3n) is 7.96. The molecular formula is C34H29N2O5P. The zero-order valence-electron chi connectivity index (χ0n) is 22.8. The van der Waals surface area contributed by atoms with E-state index < -0.39 is 17.8 Å². The van der Waals surface area contributed by atoms with E-state index in [1.54, 1.807) is 17.0 Å². The minimum Gasteiger partial charge on any atom is -0.456 e. The molecule has 4 aromatic rings. The highest BCUT2D eigenvalue weighted by atomic mass is 31.2. The van der Waals surface area contributed by atoms with Crippen LogP contribution in [0.4, 0.5) is 5.69 Å². The summed E-state index contributed by atoms with van der Waals surface area (Å²) in [6, 6.07) is 35.5. The zero-order valence-corrected chi connectivity index (χ0v) is 23.7. The van der Waals surface area contributed by atoms with Gasteiger partial charge in [-0.2, -0.15) is 0 Å². The molecule has 2 atom stereocenters.